The molecule has 0 bridgehead atoms. The molecular weight excluding hydrogens is 282 g/mol. The summed E-state index contributed by atoms with van der Waals surface area (Å²) in [7, 11) is 0. The van der Waals surface area contributed by atoms with Crippen LogP contribution in [0.1, 0.15) is 61.0 Å². The van der Waals surface area contributed by atoms with Crippen molar-refractivity contribution < 1.29 is 4.79 Å². The SMILES string of the molecule is CCCCCCNC(CC(=O)c1ccccc1)c1ccccc1. The van der Waals surface area contributed by atoms with Crippen LogP contribution in [0.15, 0.2) is 60.7 Å². The van der Waals surface area contributed by atoms with Crippen molar-refractivity contribution in [2.24, 2.45) is 0 Å². The highest BCUT2D eigenvalue weighted by Crippen LogP contribution is 2.19. The largest absolute Gasteiger partial charge is 0.310 e. The van der Waals surface area contributed by atoms with E-state index in [1.165, 1.54) is 24.8 Å². The van der Waals surface area contributed by atoms with Crippen LogP contribution in [0.5, 0.6) is 0 Å². The Kier molecular flexibility index (Phi) is 7.55. The number of rotatable bonds is 10. The zero-order valence-corrected chi connectivity index (χ0v) is 14.0. The lowest BCUT2D eigenvalue weighted by molar-refractivity contribution is 0.0968. The van der Waals surface area contributed by atoms with E-state index in [0.29, 0.717) is 6.42 Å². The number of hydrogen-bond donors (Lipinski definition) is 1. The summed E-state index contributed by atoms with van der Waals surface area (Å²) in [5.74, 6) is 0.195. The molecule has 1 atom stereocenters. The van der Waals surface area contributed by atoms with Crippen LogP contribution < -0.4 is 5.32 Å². The lowest BCUT2D eigenvalue weighted by Gasteiger charge is -2.19. The number of benzene rings is 2. The smallest absolute Gasteiger partial charge is 0.164 e. The van der Waals surface area contributed by atoms with E-state index in [0.717, 1.165) is 18.5 Å². The second kappa shape index (κ2) is 9.96. The Morgan fingerprint density at radius 2 is 1.57 bits per heavy atom. The third-order valence-electron chi connectivity index (χ3n) is 4.11. The summed E-state index contributed by atoms with van der Waals surface area (Å²) >= 11 is 0. The van der Waals surface area contributed by atoms with Crippen molar-refractivity contribution in [3.8, 4) is 0 Å². The second-order valence-corrected chi connectivity index (χ2v) is 5.97. The first kappa shape index (κ1) is 17.4. The average Bonchev–Trinajstić information content (AvgIpc) is 2.62. The molecular formula is C21H27NO. The highest BCUT2D eigenvalue weighted by Gasteiger charge is 2.16. The van der Waals surface area contributed by atoms with Gasteiger partial charge in [0.25, 0.3) is 0 Å². The molecule has 0 fully saturated rings. The Balaban J connectivity index is 1.97. The molecule has 2 rings (SSSR count). The van der Waals surface area contributed by atoms with Gasteiger partial charge in [-0.3, -0.25) is 4.79 Å². The highest BCUT2D eigenvalue weighted by atomic mass is 16.1. The zero-order chi connectivity index (χ0) is 16.3. The summed E-state index contributed by atoms with van der Waals surface area (Å²) in [6, 6.07) is 19.9. The monoisotopic (exact) mass is 309 g/mol. The zero-order valence-electron chi connectivity index (χ0n) is 14.0. The van der Waals surface area contributed by atoms with E-state index < -0.39 is 0 Å². The van der Waals surface area contributed by atoms with Crippen LogP contribution >= 0.6 is 0 Å². The second-order valence-electron chi connectivity index (χ2n) is 5.97. The summed E-state index contributed by atoms with van der Waals surface area (Å²) in [5.41, 5.74) is 1.98. The van der Waals surface area contributed by atoms with Gasteiger partial charge in [0.15, 0.2) is 5.78 Å². The topological polar surface area (TPSA) is 29.1 Å². The molecule has 2 nitrogen and oxygen atoms in total. The first-order valence-electron chi connectivity index (χ1n) is 8.68. The average molecular weight is 309 g/mol. The van der Waals surface area contributed by atoms with Crippen molar-refractivity contribution in [3.63, 3.8) is 0 Å². The van der Waals surface area contributed by atoms with Gasteiger partial charge >= 0.3 is 0 Å². The minimum absolute atomic E-state index is 0.0885. The highest BCUT2D eigenvalue weighted by molar-refractivity contribution is 5.96. The molecule has 1 unspecified atom stereocenters. The molecule has 0 aliphatic carbocycles. The lowest BCUT2D eigenvalue weighted by Crippen LogP contribution is -2.25. The Bertz CT molecular complexity index is 565. The molecule has 0 aliphatic heterocycles. The maximum Gasteiger partial charge on any atom is 0.164 e. The maximum absolute atomic E-state index is 12.5. The van der Waals surface area contributed by atoms with Crippen LogP contribution in [0.2, 0.25) is 0 Å². The molecule has 1 N–H and O–H groups in total. The van der Waals surface area contributed by atoms with Crippen LogP contribution in [0.4, 0.5) is 0 Å². The summed E-state index contributed by atoms with van der Waals surface area (Å²) in [6.45, 7) is 3.18. The molecule has 23 heavy (non-hydrogen) atoms. The first-order chi connectivity index (χ1) is 11.3. The van der Waals surface area contributed by atoms with Gasteiger partial charge in [-0.15, -0.1) is 0 Å². The number of ketones is 1. The summed E-state index contributed by atoms with van der Waals surface area (Å²) in [4.78, 5) is 12.5. The number of carbonyl (C=O) groups excluding carboxylic acids is 1. The Labute approximate surface area is 139 Å². The van der Waals surface area contributed by atoms with Gasteiger partial charge in [0.1, 0.15) is 0 Å². The fourth-order valence-electron chi connectivity index (χ4n) is 2.75. The van der Waals surface area contributed by atoms with Crippen molar-refractivity contribution in [1.29, 1.82) is 0 Å². The molecule has 2 aromatic carbocycles. The van der Waals surface area contributed by atoms with Gasteiger partial charge in [0.2, 0.25) is 0 Å². The molecule has 0 spiro atoms. The molecule has 2 heteroatoms. The van der Waals surface area contributed by atoms with Crippen molar-refractivity contribution >= 4 is 5.78 Å². The molecule has 0 aliphatic rings. The van der Waals surface area contributed by atoms with E-state index >= 15 is 0 Å². The third-order valence-corrected chi connectivity index (χ3v) is 4.11. The van der Waals surface area contributed by atoms with Crippen molar-refractivity contribution in [2.75, 3.05) is 6.54 Å². The minimum atomic E-state index is 0.0885. The maximum atomic E-state index is 12.5. The predicted octanol–water partition coefficient (Wildman–Crippen LogP) is 5.17. The normalized spacial score (nSPS) is 12.0. The number of Topliss-reactive ketones (excluding diaryl/α,β-unsaturated/α-hetero) is 1. The minimum Gasteiger partial charge on any atom is -0.310 e. The quantitative estimate of drug-likeness (QED) is 0.484. The Hall–Kier alpha value is -1.93. The lowest BCUT2D eigenvalue weighted by atomic mass is 9.97. The van der Waals surface area contributed by atoms with Gasteiger partial charge in [0.05, 0.1) is 0 Å². The fraction of sp³-hybridized carbons (Fsp3) is 0.381. The number of carbonyl (C=O) groups is 1. The summed E-state index contributed by atoms with van der Waals surface area (Å²) in [5, 5.41) is 3.57. The van der Waals surface area contributed by atoms with Crippen LogP contribution in [0.3, 0.4) is 0 Å². The number of hydrogen-bond acceptors (Lipinski definition) is 2. The standard InChI is InChI=1S/C21H27NO/c1-2-3-4-11-16-22-20(18-12-7-5-8-13-18)17-21(23)19-14-9-6-10-15-19/h5-10,12-15,20,22H,2-4,11,16-17H2,1H3. The van der Waals surface area contributed by atoms with E-state index in [4.69, 9.17) is 0 Å². The Morgan fingerprint density at radius 1 is 0.913 bits per heavy atom. The fourth-order valence-corrected chi connectivity index (χ4v) is 2.75. The number of nitrogens with one attached hydrogen (secondary N) is 1. The van der Waals surface area contributed by atoms with Crippen LogP contribution in [0, 0.1) is 0 Å². The molecule has 0 saturated carbocycles. The first-order valence-corrected chi connectivity index (χ1v) is 8.68. The molecule has 2 aromatic rings. The molecule has 0 aromatic heterocycles. The van der Waals surface area contributed by atoms with Gasteiger partial charge in [-0.1, -0.05) is 86.8 Å². The van der Waals surface area contributed by atoms with Crippen LogP contribution in [-0.4, -0.2) is 12.3 Å². The van der Waals surface area contributed by atoms with Gasteiger partial charge in [-0.25, -0.2) is 0 Å². The molecule has 0 saturated heterocycles. The third kappa shape index (κ3) is 5.99. The van der Waals surface area contributed by atoms with Gasteiger partial charge in [-0.05, 0) is 18.5 Å². The molecule has 0 radical (unpaired) electrons. The number of unbranched alkanes of at least 4 members (excludes halogenated alkanes) is 3. The van der Waals surface area contributed by atoms with Crippen molar-refractivity contribution in [2.45, 2.75) is 45.1 Å². The molecule has 0 heterocycles. The van der Waals surface area contributed by atoms with E-state index in [1.54, 1.807) is 0 Å². The summed E-state index contributed by atoms with van der Waals surface area (Å²) < 4.78 is 0. The van der Waals surface area contributed by atoms with E-state index in [2.05, 4.69) is 24.4 Å². The van der Waals surface area contributed by atoms with Crippen molar-refractivity contribution in [3.05, 3.63) is 71.8 Å². The van der Waals surface area contributed by atoms with E-state index in [9.17, 15) is 4.79 Å². The van der Waals surface area contributed by atoms with Gasteiger partial charge in [-0.2, -0.15) is 0 Å². The predicted molar refractivity (Wildman–Crippen MR) is 96.7 cm³/mol. The Morgan fingerprint density at radius 3 is 2.22 bits per heavy atom. The van der Waals surface area contributed by atoms with Crippen LogP contribution in [0.25, 0.3) is 0 Å². The van der Waals surface area contributed by atoms with Gasteiger partial charge < -0.3 is 5.32 Å². The van der Waals surface area contributed by atoms with Crippen molar-refractivity contribution in [1.82, 2.24) is 5.32 Å². The van der Waals surface area contributed by atoms with Gasteiger partial charge in [0, 0.05) is 18.0 Å². The summed E-state index contributed by atoms with van der Waals surface area (Å²) in [6.07, 6.45) is 5.44. The van der Waals surface area contributed by atoms with Crippen LogP contribution in [-0.2, 0) is 0 Å². The van der Waals surface area contributed by atoms with E-state index in [-0.39, 0.29) is 11.8 Å². The molecule has 122 valence electrons. The van der Waals surface area contributed by atoms with E-state index in [1.807, 2.05) is 48.5 Å². The molecule has 0 amide bonds.